The summed E-state index contributed by atoms with van der Waals surface area (Å²) in [4.78, 5) is 0. The Hall–Kier alpha value is -0.970. The number of rotatable bonds is 7. The van der Waals surface area contributed by atoms with Gasteiger partial charge in [0.1, 0.15) is 0 Å². The number of hydrogen-bond acceptors (Lipinski definition) is 4. The molecule has 0 spiro atoms. The lowest BCUT2D eigenvalue weighted by molar-refractivity contribution is 0.183. The summed E-state index contributed by atoms with van der Waals surface area (Å²) in [5.74, 6) is 1.71. The fraction of sp³-hybridized carbons (Fsp3) is 0.933. The molecular formula is C15H29N5. The van der Waals surface area contributed by atoms with E-state index in [1.807, 2.05) is 4.68 Å². The highest BCUT2D eigenvalue weighted by atomic mass is 15.5. The van der Waals surface area contributed by atoms with Crippen LogP contribution in [0.4, 0.5) is 0 Å². The molecule has 5 nitrogen and oxygen atoms in total. The SMILES string of the molecule is CCNC(C)c1nnnn1CC1(CC(C)C)CCCC1. The molecule has 1 aliphatic carbocycles. The van der Waals surface area contributed by atoms with Crippen molar-refractivity contribution in [3.05, 3.63) is 5.82 Å². The molecule has 1 saturated carbocycles. The molecular weight excluding hydrogens is 250 g/mol. The van der Waals surface area contributed by atoms with Crippen molar-refractivity contribution in [3.8, 4) is 0 Å². The molecule has 1 aromatic rings. The summed E-state index contributed by atoms with van der Waals surface area (Å²) in [6.45, 7) is 10.8. The van der Waals surface area contributed by atoms with Crippen LogP contribution < -0.4 is 5.32 Å². The molecule has 1 N–H and O–H groups in total. The molecule has 0 amide bonds. The lowest BCUT2D eigenvalue weighted by Crippen LogP contribution is -2.29. The Morgan fingerprint density at radius 3 is 2.55 bits per heavy atom. The van der Waals surface area contributed by atoms with E-state index in [2.05, 4.69) is 48.5 Å². The van der Waals surface area contributed by atoms with Gasteiger partial charge in [0.25, 0.3) is 0 Å². The fourth-order valence-corrected chi connectivity index (χ4v) is 3.77. The first-order valence-corrected chi connectivity index (χ1v) is 8.06. The molecule has 0 aromatic carbocycles. The van der Waals surface area contributed by atoms with Gasteiger partial charge in [-0.05, 0) is 54.5 Å². The van der Waals surface area contributed by atoms with Gasteiger partial charge in [0.05, 0.1) is 12.6 Å². The first kappa shape index (κ1) is 15.4. The highest BCUT2D eigenvalue weighted by Gasteiger charge is 2.36. The zero-order chi connectivity index (χ0) is 14.6. The highest BCUT2D eigenvalue weighted by Crippen LogP contribution is 2.44. The van der Waals surface area contributed by atoms with Gasteiger partial charge in [0, 0.05) is 0 Å². The smallest absolute Gasteiger partial charge is 0.167 e. The van der Waals surface area contributed by atoms with Gasteiger partial charge in [-0.1, -0.05) is 33.6 Å². The standard InChI is InChI=1S/C15H29N5/c1-5-16-13(4)14-17-18-19-20(14)11-15(10-12(2)3)8-6-7-9-15/h12-13,16H,5-11H2,1-4H3. The van der Waals surface area contributed by atoms with Gasteiger partial charge in [0.2, 0.25) is 0 Å². The number of hydrogen-bond donors (Lipinski definition) is 1. The van der Waals surface area contributed by atoms with Crippen LogP contribution in [-0.4, -0.2) is 26.8 Å². The lowest BCUT2D eigenvalue weighted by atomic mass is 9.78. The normalized spacial score (nSPS) is 19.6. The molecule has 0 aliphatic heterocycles. The second-order valence-corrected chi connectivity index (χ2v) is 6.78. The molecule has 20 heavy (non-hydrogen) atoms. The Bertz CT molecular complexity index is 406. The molecule has 0 saturated heterocycles. The molecule has 1 atom stereocenters. The van der Waals surface area contributed by atoms with Crippen LogP contribution in [0.25, 0.3) is 0 Å². The predicted molar refractivity (Wildman–Crippen MR) is 80.3 cm³/mol. The van der Waals surface area contributed by atoms with Crippen LogP contribution in [0.2, 0.25) is 0 Å². The predicted octanol–water partition coefficient (Wildman–Crippen LogP) is 2.95. The minimum absolute atomic E-state index is 0.215. The molecule has 1 unspecified atom stereocenters. The van der Waals surface area contributed by atoms with Crippen LogP contribution in [-0.2, 0) is 6.54 Å². The van der Waals surface area contributed by atoms with Crippen LogP contribution in [0.3, 0.4) is 0 Å². The third-order valence-corrected chi connectivity index (χ3v) is 4.45. The highest BCUT2D eigenvalue weighted by molar-refractivity contribution is 4.93. The maximum absolute atomic E-state index is 4.25. The van der Waals surface area contributed by atoms with Crippen molar-refractivity contribution in [1.29, 1.82) is 0 Å². The Morgan fingerprint density at radius 2 is 1.95 bits per heavy atom. The number of aromatic nitrogens is 4. The van der Waals surface area contributed by atoms with E-state index in [-0.39, 0.29) is 6.04 Å². The molecule has 5 heteroatoms. The van der Waals surface area contributed by atoms with Gasteiger partial charge in [0.15, 0.2) is 5.82 Å². The Labute approximate surface area is 122 Å². The van der Waals surface area contributed by atoms with Crippen LogP contribution in [0, 0.1) is 11.3 Å². The summed E-state index contributed by atoms with van der Waals surface area (Å²) in [7, 11) is 0. The minimum Gasteiger partial charge on any atom is -0.308 e. The van der Waals surface area contributed by atoms with E-state index in [9.17, 15) is 0 Å². The van der Waals surface area contributed by atoms with Gasteiger partial charge < -0.3 is 5.32 Å². The first-order valence-electron chi connectivity index (χ1n) is 8.06. The zero-order valence-corrected chi connectivity index (χ0v) is 13.4. The first-order chi connectivity index (χ1) is 9.56. The van der Waals surface area contributed by atoms with E-state index in [1.54, 1.807) is 0 Å². The summed E-state index contributed by atoms with van der Waals surface area (Å²) in [5, 5.41) is 15.8. The van der Waals surface area contributed by atoms with E-state index in [0.717, 1.165) is 24.8 Å². The zero-order valence-electron chi connectivity index (χ0n) is 13.4. The quantitative estimate of drug-likeness (QED) is 0.833. The van der Waals surface area contributed by atoms with Crippen molar-refractivity contribution in [2.75, 3.05) is 6.54 Å². The second-order valence-electron chi connectivity index (χ2n) is 6.78. The van der Waals surface area contributed by atoms with Crippen LogP contribution in [0.5, 0.6) is 0 Å². The number of nitrogens with zero attached hydrogens (tertiary/aromatic N) is 4. The molecule has 0 radical (unpaired) electrons. The summed E-state index contributed by atoms with van der Waals surface area (Å²) >= 11 is 0. The van der Waals surface area contributed by atoms with E-state index in [0.29, 0.717) is 5.41 Å². The van der Waals surface area contributed by atoms with Crippen molar-refractivity contribution < 1.29 is 0 Å². The van der Waals surface area contributed by atoms with E-state index in [1.165, 1.54) is 32.1 Å². The van der Waals surface area contributed by atoms with Gasteiger partial charge in [-0.15, -0.1) is 5.10 Å². The average Bonchev–Trinajstić information content (AvgIpc) is 2.99. The van der Waals surface area contributed by atoms with Crippen molar-refractivity contribution in [3.63, 3.8) is 0 Å². The van der Waals surface area contributed by atoms with Gasteiger partial charge in [-0.2, -0.15) is 0 Å². The van der Waals surface area contributed by atoms with Crippen molar-refractivity contribution in [2.24, 2.45) is 11.3 Å². The molecule has 1 fully saturated rings. The minimum atomic E-state index is 0.215. The van der Waals surface area contributed by atoms with Crippen molar-refractivity contribution in [2.45, 2.75) is 72.4 Å². The summed E-state index contributed by atoms with van der Waals surface area (Å²) in [6, 6.07) is 0.215. The molecule has 2 rings (SSSR count). The van der Waals surface area contributed by atoms with E-state index in [4.69, 9.17) is 0 Å². The van der Waals surface area contributed by atoms with E-state index >= 15 is 0 Å². The largest absolute Gasteiger partial charge is 0.308 e. The molecule has 0 bridgehead atoms. The van der Waals surface area contributed by atoms with Gasteiger partial charge in [-0.3, -0.25) is 0 Å². The Morgan fingerprint density at radius 1 is 1.25 bits per heavy atom. The number of nitrogens with one attached hydrogen (secondary N) is 1. The van der Waals surface area contributed by atoms with Crippen LogP contribution in [0.15, 0.2) is 0 Å². The van der Waals surface area contributed by atoms with Crippen LogP contribution in [0.1, 0.15) is 71.7 Å². The third kappa shape index (κ3) is 3.57. The molecule has 1 aliphatic rings. The topological polar surface area (TPSA) is 55.6 Å². The average molecular weight is 279 g/mol. The Balaban J connectivity index is 2.13. The lowest BCUT2D eigenvalue weighted by Gasteiger charge is -2.31. The van der Waals surface area contributed by atoms with Crippen molar-refractivity contribution >= 4 is 0 Å². The van der Waals surface area contributed by atoms with Crippen LogP contribution >= 0.6 is 0 Å². The van der Waals surface area contributed by atoms with Gasteiger partial charge >= 0.3 is 0 Å². The summed E-state index contributed by atoms with van der Waals surface area (Å²) in [6.07, 6.45) is 6.63. The Kier molecular flexibility index (Phi) is 5.13. The fourth-order valence-electron chi connectivity index (χ4n) is 3.77. The van der Waals surface area contributed by atoms with Gasteiger partial charge in [-0.25, -0.2) is 4.68 Å². The molecule has 1 heterocycles. The van der Waals surface area contributed by atoms with Crippen molar-refractivity contribution in [1.82, 2.24) is 25.5 Å². The monoisotopic (exact) mass is 279 g/mol. The summed E-state index contributed by atoms with van der Waals surface area (Å²) in [5.41, 5.74) is 0.407. The number of tetrazole rings is 1. The third-order valence-electron chi connectivity index (χ3n) is 4.45. The maximum Gasteiger partial charge on any atom is 0.167 e. The summed E-state index contributed by atoms with van der Waals surface area (Å²) < 4.78 is 2.04. The van der Waals surface area contributed by atoms with E-state index < -0.39 is 0 Å². The second kappa shape index (κ2) is 6.66. The molecule has 1 aromatic heterocycles. The maximum atomic E-state index is 4.25. The molecule has 114 valence electrons.